The Morgan fingerprint density at radius 2 is 2.16 bits per heavy atom. The number of nitrogens with zero attached hydrogens (tertiary/aromatic N) is 3. The third-order valence-electron chi connectivity index (χ3n) is 2.32. The Kier molecular flexibility index (Phi) is 4.57. The molecule has 0 atom stereocenters. The van der Waals surface area contributed by atoms with Crippen molar-refractivity contribution in [1.29, 1.82) is 0 Å². The predicted octanol–water partition coefficient (Wildman–Crippen LogP) is 2.28. The summed E-state index contributed by atoms with van der Waals surface area (Å²) in [7, 11) is 0. The van der Waals surface area contributed by atoms with Crippen LogP contribution < -0.4 is 0 Å². The average molecular weight is 304 g/mol. The highest BCUT2D eigenvalue weighted by Crippen LogP contribution is 2.28. The number of carbonyl (C=O) groups excluding carboxylic acids is 1. The molecule has 0 spiro atoms. The van der Waals surface area contributed by atoms with Crippen molar-refractivity contribution in [2.75, 3.05) is 13.2 Å². The molecule has 0 saturated heterocycles. The minimum Gasteiger partial charge on any atom is -0.463 e. The van der Waals surface area contributed by atoms with Gasteiger partial charge in [0.1, 0.15) is 30.5 Å². The van der Waals surface area contributed by atoms with Crippen LogP contribution in [0.3, 0.4) is 0 Å². The van der Waals surface area contributed by atoms with Crippen molar-refractivity contribution in [2.45, 2.75) is 13.7 Å². The normalized spacial score (nSPS) is 10.9. The Balaban J connectivity index is 2.01. The molecule has 0 fully saturated rings. The third kappa shape index (κ3) is 3.34. The van der Waals surface area contributed by atoms with Gasteiger partial charge in [0.05, 0.1) is 17.0 Å². The van der Waals surface area contributed by atoms with Gasteiger partial charge in [-0.3, -0.25) is 4.79 Å². The minimum atomic E-state index is -0.336. The summed E-state index contributed by atoms with van der Waals surface area (Å²) in [5, 5.41) is 1.35. The molecule has 19 heavy (non-hydrogen) atoms. The van der Waals surface area contributed by atoms with E-state index in [1.54, 1.807) is 10.8 Å². The minimum absolute atomic E-state index is 0.206. The van der Waals surface area contributed by atoms with Crippen molar-refractivity contribution in [3.8, 4) is 0 Å². The second-order valence-electron chi connectivity index (χ2n) is 3.69. The first kappa shape index (κ1) is 14.0. The van der Waals surface area contributed by atoms with Gasteiger partial charge in [-0.1, -0.05) is 23.2 Å². The SMILES string of the molecule is CC(=O)OCCOCn1cc(Cl)c2c(Cl)ncnc21. The second-order valence-corrected chi connectivity index (χ2v) is 4.45. The summed E-state index contributed by atoms with van der Waals surface area (Å²) >= 11 is 12.0. The summed E-state index contributed by atoms with van der Waals surface area (Å²) in [6, 6.07) is 0. The van der Waals surface area contributed by atoms with Crippen LogP contribution in [0.25, 0.3) is 11.0 Å². The van der Waals surface area contributed by atoms with E-state index in [0.717, 1.165) is 0 Å². The molecule has 2 heterocycles. The number of hydrogen-bond acceptors (Lipinski definition) is 5. The van der Waals surface area contributed by atoms with Crippen LogP contribution in [0, 0.1) is 0 Å². The summed E-state index contributed by atoms with van der Waals surface area (Å²) in [5.41, 5.74) is 0.595. The van der Waals surface area contributed by atoms with Crippen LogP contribution in [0.5, 0.6) is 0 Å². The molecule has 0 radical (unpaired) electrons. The van der Waals surface area contributed by atoms with Gasteiger partial charge in [0, 0.05) is 13.1 Å². The molecule has 6 nitrogen and oxygen atoms in total. The molecule has 2 aromatic heterocycles. The summed E-state index contributed by atoms with van der Waals surface area (Å²) in [5.74, 6) is -0.336. The van der Waals surface area contributed by atoms with E-state index < -0.39 is 0 Å². The lowest BCUT2D eigenvalue weighted by atomic mass is 10.4. The smallest absolute Gasteiger partial charge is 0.302 e. The van der Waals surface area contributed by atoms with E-state index >= 15 is 0 Å². The van der Waals surface area contributed by atoms with Crippen LogP contribution in [-0.2, 0) is 21.0 Å². The fraction of sp³-hybridized carbons (Fsp3) is 0.364. The van der Waals surface area contributed by atoms with E-state index in [1.807, 2.05) is 0 Å². The number of fused-ring (bicyclic) bond motifs is 1. The number of carbonyl (C=O) groups is 1. The molecule has 0 bridgehead atoms. The van der Waals surface area contributed by atoms with E-state index in [1.165, 1.54) is 13.3 Å². The van der Waals surface area contributed by atoms with E-state index in [4.69, 9.17) is 32.7 Å². The van der Waals surface area contributed by atoms with Gasteiger partial charge in [-0.05, 0) is 0 Å². The Hall–Kier alpha value is -1.37. The number of aromatic nitrogens is 3. The van der Waals surface area contributed by atoms with Gasteiger partial charge in [-0.15, -0.1) is 0 Å². The van der Waals surface area contributed by atoms with Crippen LogP contribution >= 0.6 is 23.2 Å². The van der Waals surface area contributed by atoms with Crippen LogP contribution in [0.1, 0.15) is 6.92 Å². The highest BCUT2D eigenvalue weighted by atomic mass is 35.5. The largest absolute Gasteiger partial charge is 0.463 e. The van der Waals surface area contributed by atoms with Gasteiger partial charge >= 0.3 is 5.97 Å². The van der Waals surface area contributed by atoms with Crippen molar-refractivity contribution in [3.63, 3.8) is 0 Å². The zero-order valence-corrected chi connectivity index (χ0v) is 11.6. The molecule has 0 aliphatic rings. The van der Waals surface area contributed by atoms with Crippen molar-refractivity contribution >= 4 is 40.2 Å². The summed E-state index contributed by atoms with van der Waals surface area (Å²) < 4.78 is 11.8. The first-order valence-electron chi connectivity index (χ1n) is 5.45. The Labute approximate surface area is 119 Å². The number of hydrogen-bond donors (Lipinski definition) is 0. The molecule has 102 valence electrons. The first-order valence-corrected chi connectivity index (χ1v) is 6.21. The quantitative estimate of drug-likeness (QED) is 0.481. The maximum atomic E-state index is 10.6. The van der Waals surface area contributed by atoms with Crippen LogP contribution in [0.4, 0.5) is 0 Å². The van der Waals surface area contributed by atoms with E-state index in [0.29, 0.717) is 21.2 Å². The van der Waals surface area contributed by atoms with Gasteiger partial charge in [-0.25, -0.2) is 9.97 Å². The molecule has 2 aromatic rings. The lowest BCUT2D eigenvalue weighted by Crippen LogP contribution is -2.10. The van der Waals surface area contributed by atoms with Crippen LogP contribution in [-0.4, -0.2) is 33.7 Å². The third-order valence-corrected chi connectivity index (χ3v) is 2.90. The Morgan fingerprint density at radius 3 is 2.89 bits per heavy atom. The second kappa shape index (κ2) is 6.18. The van der Waals surface area contributed by atoms with Crippen LogP contribution in [0.2, 0.25) is 10.2 Å². The Morgan fingerprint density at radius 1 is 1.37 bits per heavy atom. The number of halogens is 2. The number of rotatable bonds is 5. The zero-order chi connectivity index (χ0) is 13.8. The molecule has 2 rings (SSSR count). The monoisotopic (exact) mass is 303 g/mol. The molecule has 0 saturated carbocycles. The molecule has 0 aliphatic carbocycles. The summed E-state index contributed by atoms with van der Waals surface area (Å²) in [6.07, 6.45) is 3.02. The van der Waals surface area contributed by atoms with Crippen molar-refractivity contribution in [1.82, 2.24) is 14.5 Å². The standard InChI is InChI=1S/C11H11Cl2N3O3/c1-7(17)19-3-2-18-6-16-4-8(12)9-10(13)14-5-15-11(9)16/h4-5H,2-3,6H2,1H3. The summed E-state index contributed by atoms with van der Waals surface area (Å²) in [4.78, 5) is 18.5. The van der Waals surface area contributed by atoms with E-state index in [2.05, 4.69) is 9.97 Å². The van der Waals surface area contributed by atoms with Gasteiger partial charge in [-0.2, -0.15) is 0 Å². The molecule has 0 unspecified atom stereocenters. The fourth-order valence-electron chi connectivity index (χ4n) is 1.55. The molecular weight excluding hydrogens is 293 g/mol. The van der Waals surface area contributed by atoms with Crippen molar-refractivity contribution in [2.24, 2.45) is 0 Å². The van der Waals surface area contributed by atoms with Gasteiger partial charge in [0.2, 0.25) is 0 Å². The van der Waals surface area contributed by atoms with Crippen molar-refractivity contribution < 1.29 is 14.3 Å². The first-order chi connectivity index (χ1) is 9.09. The van der Waals surface area contributed by atoms with Crippen LogP contribution in [0.15, 0.2) is 12.5 Å². The predicted molar refractivity (Wildman–Crippen MR) is 70.1 cm³/mol. The topological polar surface area (TPSA) is 66.2 Å². The molecule has 0 aromatic carbocycles. The average Bonchev–Trinajstić information content (AvgIpc) is 2.67. The molecule has 8 heteroatoms. The van der Waals surface area contributed by atoms with Gasteiger partial charge < -0.3 is 14.0 Å². The van der Waals surface area contributed by atoms with Gasteiger partial charge in [0.25, 0.3) is 0 Å². The fourth-order valence-corrected chi connectivity index (χ4v) is 2.12. The summed E-state index contributed by atoms with van der Waals surface area (Å²) in [6.45, 7) is 2.07. The lowest BCUT2D eigenvalue weighted by molar-refractivity contribution is -0.142. The highest BCUT2D eigenvalue weighted by molar-refractivity contribution is 6.41. The molecular formula is C11H11Cl2N3O3. The van der Waals surface area contributed by atoms with Gasteiger partial charge in [0.15, 0.2) is 0 Å². The van der Waals surface area contributed by atoms with Crippen molar-refractivity contribution in [3.05, 3.63) is 22.7 Å². The maximum absolute atomic E-state index is 10.6. The number of esters is 1. The zero-order valence-electron chi connectivity index (χ0n) is 10.1. The maximum Gasteiger partial charge on any atom is 0.302 e. The van der Waals surface area contributed by atoms with E-state index in [-0.39, 0.29) is 25.9 Å². The lowest BCUT2D eigenvalue weighted by Gasteiger charge is -2.06. The van der Waals surface area contributed by atoms with E-state index in [9.17, 15) is 4.79 Å². The Bertz CT molecular complexity index is 600. The number of ether oxygens (including phenoxy) is 2. The highest BCUT2D eigenvalue weighted by Gasteiger charge is 2.12. The molecule has 0 N–H and O–H groups in total. The molecule has 0 amide bonds. The molecule has 0 aliphatic heterocycles.